The average molecular weight is 394 g/mol. The van der Waals surface area contributed by atoms with Gasteiger partial charge >= 0.3 is 6.18 Å². The van der Waals surface area contributed by atoms with E-state index in [1.165, 1.54) is 24.1 Å². The summed E-state index contributed by atoms with van der Waals surface area (Å²) in [7, 11) is 4.06. The first-order valence-corrected chi connectivity index (χ1v) is 9.84. The fourth-order valence-electron chi connectivity index (χ4n) is 4.06. The molecule has 0 bridgehead atoms. The smallest absolute Gasteiger partial charge is 0.303 e. The molecule has 0 spiro atoms. The number of alkyl halides is 3. The topological polar surface area (TPSA) is 24.3 Å². The van der Waals surface area contributed by atoms with Gasteiger partial charge in [0.2, 0.25) is 0 Å². The third-order valence-corrected chi connectivity index (χ3v) is 5.35. The van der Waals surface area contributed by atoms with E-state index in [1.807, 2.05) is 24.1 Å². The second-order valence-corrected chi connectivity index (χ2v) is 7.98. The lowest BCUT2D eigenvalue weighted by Gasteiger charge is -2.34. The minimum Gasteiger partial charge on any atom is -0.303 e. The SMILES string of the molecule is CN(Cc1cnn(C)c1)CC1CCCN(CCc2cccc(C(F)(F)F)c2)C1. The molecule has 0 saturated carbocycles. The van der Waals surface area contributed by atoms with Crippen molar-refractivity contribution in [3.63, 3.8) is 0 Å². The Morgan fingerprint density at radius 3 is 2.79 bits per heavy atom. The largest absolute Gasteiger partial charge is 0.416 e. The van der Waals surface area contributed by atoms with E-state index in [2.05, 4.69) is 21.9 Å². The van der Waals surface area contributed by atoms with Crippen molar-refractivity contribution < 1.29 is 13.2 Å². The van der Waals surface area contributed by atoms with Crippen LogP contribution in [-0.2, 0) is 26.2 Å². The Balaban J connectivity index is 1.47. The first kappa shape index (κ1) is 20.9. The monoisotopic (exact) mass is 394 g/mol. The maximum atomic E-state index is 12.9. The van der Waals surface area contributed by atoms with Crippen LogP contribution in [0.5, 0.6) is 0 Å². The Morgan fingerprint density at radius 2 is 2.07 bits per heavy atom. The summed E-state index contributed by atoms with van der Waals surface area (Å²) in [6.45, 7) is 4.76. The Morgan fingerprint density at radius 1 is 1.25 bits per heavy atom. The van der Waals surface area contributed by atoms with Crippen LogP contribution >= 0.6 is 0 Å². The van der Waals surface area contributed by atoms with Crippen molar-refractivity contribution >= 4 is 0 Å². The van der Waals surface area contributed by atoms with Gasteiger partial charge in [-0.15, -0.1) is 0 Å². The molecule has 7 heteroatoms. The van der Waals surface area contributed by atoms with Crippen molar-refractivity contribution in [1.82, 2.24) is 19.6 Å². The maximum absolute atomic E-state index is 12.9. The zero-order valence-corrected chi connectivity index (χ0v) is 16.6. The summed E-state index contributed by atoms with van der Waals surface area (Å²) < 4.78 is 40.4. The third-order valence-electron chi connectivity index (χ3n) is 5.35. The average Bonchev–Trinajstić information content (AvgIpc) is 3.04. The predicted octanol–water partition coefficient (Wildman–Crippen LogP) is 3.83. The molecule has 0 amide bonds. The number of benzene rings is 1. The van der Waals surface area contributed by atoms with E-state index in [0.29, 0.717) is 12.3 Å². The van der Waals surface area contributed by atoms with E-state index in [4.69, 9.17) is 0 Å². The maximum Gasteiger partial charge on any atom is 0.416 e. The molecule has 1 saturated heterocycles. The van der Waals surface area contributed by atoms with E-state index in [9.17, 15) is 13.2 Å². The van der Waals surface area contributed by atoms with Gasteiger partial charge in [0.15, 0.2) is 0 Å². The molecule has 1 unspecified atom stereocenters. The first-order chi connectivity index (χ1) is 13.3. The van der Waals surface area contributed by atoms with Gasteiger partial charge < -0.3 is 9.80 Å². The Labute approximate surface area is 164 Å². The molecule has 1 aromatic carbocycles. The molecule has 1 aliphatic rings. The highest BCUT2D eigenvalue weighted by molar-refractivity contribution is 5.25. The molecule has 1 aliphatic heterocycles. The van der Waals surface area contributed by atoms with Gasteiger partial charge in [-0.1, -0.05) is 18.2 Å². The van der Waals surface area contributed by atoms with Gasteiger partial charge in [0.25, 0.3) is 0 Å². The second kappa shape index (κ2) is 9.09. The van der Waals surface area contributed by atoms with E-state index < -0.39 is 11.7 Å². The number of hydrogen-bond donors (Lipinski definition) is 0. The summed E-state index contributed by atoms with van der Waals surface area (Å²) in [6, 6.07) is 5.71. The van der Waals surface area contributed by atoms with Crippen LogP contribution in [0.1, 0.15) is 29.5 Å². The van der Waals surface area contributed by atoms with Crippen molar-refractivity contribution in [3.05, 3.63) is 53.3 Å². The van der Waals surface area contributed by atoms with Crippen molar-refractivity contribution in [2.75, 3.05) is 33.2 Å². The lowest BCUT2D eigenvalue weighted by molar-refractivity contribution is -0.137. The summed E-state index contributed by atoms with van der Waals surface area (Å²) in [5, 5.41) is 4.21. The number of hydrogen-bond acceptors (Lipinski definition) is 3. The quantitative estimate of drug-likeness (QED) is 0.714. The zero-order chi connectivity index (χ0) is 20.1. The molecule has 1 fully saturated rings. The van der Waals surface area contributed by atoms with Crippen LogP contribution in [0.3, 0.4) is 0 Å². The van der Waals surface area contributed by atoms with Gasteiger partial charge in [0, 0.05) is 45.0 Å². The van der Waals surface area contributed by atoms with Crippen LogP contribution < -0.4 is 0 Å². The van der Waals surface area contributed by atoms with E-state index in [0.717, 1.165) is 50.8 Å². The predicted molar refractivity (Wildman–Crippen MR) is 104 cm³/mol. The van der Waals surface area contributed by atoms with Crippen LogP contribution in [-0.4, -0.2) is 52.8 Å². The molecule has 1 atom stereocenters. The molecule has 28 heavy (non-hydrogen) atoms. The van der Waals surface area contributed by atoms with E-state index in [-0.39, 0.29) is 0 Å². The van der Waals surface area contributed by atoms with Gasteiger partial charge in [0.1, 0.15) is 0 Å². The molecule has 0 N–H and O–H groups in total. The highest BCUT2D eigenvalue weighted by Crippen LogP contribution is 2.29. The molecule has 2 heterocycles. The number of piperidine rings is 1. The number of aromatic nitrogens is 2. The molecule has 154 valence electrons. The Kier molecular flexibility index (Phi) is 6.78. The number of likely N-dealkylation sites (tertiary alicyclic amines) is 1. The van der Waals surface area contributed by atoms with Crippen molar-refractivity contribution in [1.29, 1.82) is 0 Å². The summed E-state index contributed by atoms with van der Waals surface area (Å²) >= 11 is 0. The minimum atomic E-state index is -4.27. The van der Waals surface area contributed by atoms with Gasteiger partial charge in [-0.2, -0.15) is 18.3 Å². The summed E-state index contributed by atoms with van der Waals surface area (Å²) in [5.41, 5.74) is 1.41. The summed E-state index contributed by atoms with van der Waals surface area (Å²) in [5.74, 6) is 0.594. The third kappa shape index (κ3) is 6.07. The summed E-state index contributed by atoms with van der Waals surface area (Å²) in [6.07, 6.45) is 2.68. The molecule has 4 nitrogen and oxygen atoms in total. The molecular formula is C21H29F3N4. The van der Waals surface area contributed by atoms with Crippen LogP contribution in [0.4, 0.5) is 13.2 Å². The lowest BCUT2D eigenvalue weighted by atomic mass is 9.97. The second-order valence-electron chi connectivity index (χ2n) is 7.98. The first-order valence-electron chi connectivity index (χ1n) is 9.84. The van der Waals surface area contributed by atoms with Gasteiger partial charge in [-0.25, -0.2) is 0 Å². The summed E-state index contributed by atoms with van der Waals surface area (Å²) in [4.78, 5) is 4.73. The lowest BCUT2D eigenvalue weighted by Crippen LogP contribution is -2.40. The highest BCUT2D eigenvalue weighted by Gasteiger charge is 2.30. The fraction of sp³-hybridized carbons (Fsp3) is 0.571. The molecule has 2 aromatic rings. The van der Waals surface area contributed by atoms with Crippen molar-refractivity contribution in [3.8, 4) is 0 Å². The standard InChI is InChI=1S/C21H29F3N4/c1-26(14-19-12-25-27(2)15-19)13-18-6-4-9-28(16-18)10-8-17-5-3-7-20(11-17)21(22,23)24/h3,5,7,11-12,15,18H,4,6,8-10,13-14,16H2,1-2H3. The molecule has 3 rings (SSSR count). The van der Waals surface area contributed by atoms with Gasteiger partial charge in [0.05, 0.1) is 11.8 Å². The number of nitrogens with zero attached hydrogens (tertiary/aromatic N) is 4. The van der Waals surface area contributed by atoms with Crippen LogP contribution in [0.15, 0.2) is 36.7 Å². The van der Waals surface area contributed by atoms with E-state index >= 15 is 0 Å². The Hall–Kier alpha value is -1.86. The number of halogens is 3. The zero-order valence-electron chi connectivity index (χ0n) is 16.6. The highest BCUT2D eigenvalue weighted by atomic mass is 19.4. The molecule has 0 radical (unpaired) electrons. The van der Waals surface area contributed by atoms with Crippen molar-refractivity contribution in [2.24, 2.45) is 13.0 Å². The van der Waals surface area contributed by atoms with Crippen LogP contribution in [0, 0.1) is 5.92 Å². The molecular weight excluding hydrogens is 365 g/mol. The van der Waals surface area contributed by atoms with Gasteiger partial charge in [-0.05, 0) is 50.4 Å². The van der Waals surface area contributed by atoms with Crippen LogP contribution in [0.25, 0.3) is 0 Å². The molecule has 1 aromatic heterocycles. The number of rotatable bonds is 7. The fourth-order valence-corrected chi connectivity index (χ4v) is 4.06. The van der Waals surface area contributed by atoms with Crippen LogP contribution in [0.2, 0.25) is 0 Å². The minimum absolute atomic E-state index is 0.557. The number of aryl methyl sites for hydroxylation is 1. The normalized spacial score (nSPS) is 18.7. The van der Waals surface area contributed by atoms with E-state index in [1.54, 1.807) is 6.07 Å². The van der Waals surface area contributed by atoms with Crippen molar-refractivity contribution in [2.45, 2.75) is 32.0 Å². The van der Waals surface area contributed by atoms with Gasteiger partial charge in [-0.3, -0.25) is 4.68 Å². The Bertz CT molecular complexity index is 756. The molecule has 0 aliphatic carbocycles.